The molecule has 0 unspecified atom stereocenters. The van der Waals surface area contributed by atoms with Crippen LogP contribution in [0, 0.1) is 0 Å². The van der Waals surface area contributed by atoms with Gasteiger partial charge in [0.1, 0.15) is 0 Å². The number of rotatable bonds is 3. The van der Waals surface area contributed by atoms with E-state index in [2.05, 4.69) is 24.0 Å². The lowest BCUT2D eigenvalue weighted by Crippen LogP contribution is -1.98. The second kappa shape index (κ2) is 4.41. The molecule has 1 heterocycles. The van der Waals surface area contributed by atoms with Crippen molar-refractivity contribution in [1.82, 2.24) is 10.2 Å². The first-order chi connectivity index (χ1) is 5.77. The van der Waals surface area contributed by atoms with Crippen LogP contribution in [-0.2, 0) is 12.8 Å². The van der Waals surface area contributed by atoms with E-state index in [1.807, 2.05) is 6.07 Å². The van der Waals surface area contributed by atoms with Gasteiger partial charge in [-0.3, -0.25) is 0 Å². The average Bonchev–Trinajstić information content (AvgIpc) is 2.08. The minimum atomic E-state index is 0.492. The maximum atomic E-state index is 5.72. The fourth-order valence-electron chi connectivity index (χ4n) is 1.18. The maximum Gasteiger partial charge on any atom is 0.152 e. The van der Waals surface area contributed by atoms with E-state index in [4.69, 9.17) is 11.6 Å². The van der Waals surface area contributed by atoms with E-state index in [1.54, 1.807) is 0 Å². The molecular formula is C9H13ClN2. The monoisotopic (exact) mass is 184 g/mol. The van der Waals surface area contributed by atoms with Gasteiger partial charge in [0.25, 0.3) is 0 Å². The number of nitrogens with zero attached hydrogens (tertiary/aromatic N) is 2. The highest BCUT2D eigenvalue weighted by molar-refractivity contribution is 6.29. The van der Waals surface area contributed by atoms with Crippen molar-refractivity contribution in [1.29, 1.82) is 0 Å². The van der Waals surface area contributed by atoms with Gasteiger partial charge in [0.2, 0.25) is 0 Å². The summed E-state index contributed by atoms with van der Waals surface area (Å²) in [7, 11) is 0. The van der Waals surface area contributed by atoms with E-state index in [1.165, 1.54) is 5.56 Å². The third-order valence-corrected chi connectivity index (χ3v) is 1.98. The predicted molar refractivity (Wildman–Crippen MR) is 50.4 cm³/mol. The lowest BCUT2D eigenvalue weighted by molar-refractivity contribution is 0.813. The Morgan fingerprint density at radius 1 is 1.33 bits per heavy atom. The molecule has 0 N–H and O–H groups in total. The smallest absolute Gasteiger partial charge is 0.152 e. The van der Waals surface area contributed by atoms with Crippen molar-refractivity contribution >= 4 is 11.6 Å². The molecule has 0 aliphatic heterocycles. The van der Waals surface area contributed by atoms with E-state index in [0.29, 0.717) is 5.15 Å². The molecule has 2 nitrogen and oxygen atoms in total. The van der Waals surface area contributed by atoms with E-state index in [0.717, 1.165) is 25.0 Å². The van der Waals surface area contributed by atoms with Gasteiger partial charge in [-0.15, -0.1) is 5.10 Å². The highest BCUT2D eigenvalue weighted by Crippen LogP contribution is 2.12. The van der Waals surface area contributed by atoms with Crippen LogP contribution in [0.2, 0.25) is 5.15 Å². The Balaban J connectivity index is 2.94. The molecule has 0 saturated heterocycles. The third kappa shape index (κ3) is 2.18. The molecule has 0 aromatic carbocycles. The van der Waals surface area contributed by atoms with Gasteiger partial charge in [0.05, 0.1) is 5.69 Å². The molecule has 1 aromatic heterocycles. The van der Waals surface area contributed by atoms with Crippen molar-refractivity contribution in [2.45, 2.75) is 33.1 Å². The zero-order chi connectivity index (χ0) is 8.97. The Labute approximate surface area is 78.0 Å². The molecule has 0 radical (unpaired) electrons. The van der Waals surface area contributed by atoms with Crippen molar-refractivity contribution in [2.75, 3.05) is 0 Å². The maximum absolute atomic E-state index is 5.72. The Bertz CT molecular complexity index is 261. The number of halogens is 1. The average molecular weight is 185 g/mol. The van der Waals surface area contributed by atoms with Crippen molar-refractivity contribution in [3.63, 3.8) is 0 Å². The van der Waals surface area contributed by atoms with Crippen LogP contribution in [-0.4, -0.2) is 10.2 Å². The fraction of sp³-hybridized carbons (Fsp3) is 0.556. The first kappa shape index (κ1) is 9.46. The number of hydrogen-bond donors (Lipinski definition) is 0. The van der Waals surface area contributed by atoms with E-state index < -0.39 is 0 Å². The van der Waals surface area contributed by atoms with E-state index in [-0.39, 0.29) is 0 Å². The van der Waals surface area contributed by atoms with Gasteiger partial charge in [0.15, 0.2) is 5.15 Å². The second-order valence-corrected chi connectivity index (χ2v) is 3.13. The molecule has 12 heavy (non-hydrogen) atoms. The molecule has 66 valence electrons. The molecule has 1 aromatic rings. The van der Waals surface area contributed by atoms with Gasteiger partial charge in [-0.25, -0.2) is 0 Å². The van der Waals surface area contributed by atoms with Gasteiger partial charge in [-0.2, -0.15) is 5.10 Å². The van der Waals surface area contributed by atoms with Crippen LogP contribution in [0.5, 0.6) is 0 Å². The minimum absolute atomic E-state index is 0.492. The summed E-state index contributed by atoms with van der Waals surface area (Å²) in [6, 6.07) is 1.90. The third-order valence-electron chi connectivity index (χ3n) is 1.80. The Morgan fingerprint density at radius 2 is 2.08 bits per heavy atom. The summed E-state index contributed by atoms with van der Waals surface area (Å²) in [6.45, 7) is 4.24. The fourth-order valence-corrected chi connectivity index (χ4v) is 1.35. The molecule has 0 spiro atoms. The molecule has 0 aliphatic rings. The molecule has 0 atom stereocenters. The van der Waals surface area contributed by atoms with Crippen molar-refractivity contribution in [2.24, 2.45) is 0 Å². The number of hydrogen-bond acceptors (Lipinski definition) is 2. The van der Waals surface area contributed by atoms with Crippen LogP contribution in [0.1, 0.15) is 31.5 Å². The Hall–Kier alpha value is -0.630. The van der Waals surface area contributed by atoms with Crippen molar-refractivity contribution < 1.29 is 0 Å². The summed E-state index contributed by atoms with van der Waals surface area (Å²) in [4.78, 5) is 0. The zero-order valence-corrected chi connectivity index (χ0v) is 8.23. The van der Waals surface area contributed by atoms with Crippen molar-refractivity contribution in [3.8, 4) is 0 Å². The molecule has 0 aliphatic carbocycles. The number of aromatic nitrogens is 2. The molecule has 0 amide bonds. The summed E-state index contributed by atoms with van der Waals surface area (Å²) in [5.41, 5.74) is 2.31. The first-order valence-corrected chi connectivity index (χ1v) is 4.66. The second-order valence-electron chi connectivity index (χ2n) is 2.74. The van der Waals surface area contributed by atoms with Crippen molar-refractivity contribution in [3.05, 3.63) is 22.5 Å². The summed E-state index contributed by atoms with van der Waals surface area (Å²) in [6.07, 6.45) is 3.07. The first-order valence-electron chi connectivity index (χ1n) is 4.28. The van der Waals surface area contributed by atoms with Crippen LogP contribution in [0.25, 0.3) is 0 Å². The van der Waals surface area contributed by atoms with Crippen LogP contribution in [0.15, 0.2) is 6.07 Å². The topological polar surface area (TPSA) is 25.8 Å². The molecule has 1 rings (SSSR count). The normalized spacial score (nSPS) is 10.2. The summed E-state index contributed by atoms with van der Waals surface area (Å²) >= 11 is 5.72. The largest absolute Gasteiger partial charge is 0.154 e. The molecule has 3 heteroatoms. The Kier molecular flexibility index (Phi) is 3.48. The SMILES string of the molecule is CCCc1nnc(Cl)cc1CC. The van der Waals surface area contributed by atoms with Gasteiger partial charge < -0.3 is 0 Å². The summed E-state index contributed by atoms with van der Waals surface area (Å²) in [5.74, 6) is 0. The van der Waals surface area contributed by atoms with Gasteiger partial charge in [0, 0.05) is 0 Å². The highest BCUT2D eigenvalue weighted by Gasteiger charge is 2.02. The standard InChI is InChI=1S/C9H13ClN2/c1-3-5-8-7(4-2)6-9(10)12-11-8/h6H,3-5H2,1-2H3. The lowest BCUT2D eigenvalue weighted by atomic mass is 10.1. The summed E-state index contributed by atoms with van der Waals surface area (Å²) in [5, 5.41) is 8.37. The van der Waals surface area contributed by atoms with Gasteiger partial charge in [-0.05, 0) is 24.5 Å². The summed E-state index contributed by atoms with van der Waals surface area (Å²) < 4.78 is 0. The quantitative estimate of drug-likeness (QED) is 0.722. The van der Waals surface area contributed by atoms with E-state index in [9.17, 15) is 0 Å². The van der Waals surface area contributed by atoms with Crippen LogP contribution < -0.4 is 0 Å². The van der Waals surface area contributed by atoms with Gasteiger partial charge in [-0.1, -0.05) is 31.9 Å². The molecule has 0 saturated carbocycles. The van der Waals surface area contributed by atoms with Crippen LogP contribution in [0.4, 0.5) is 0 Å². The molecule has 0 bridgehead atoms. The van der Waals surface area contributed by atoms with Crippen LogP contribution in [0.3, 0.4) is 0 Å². The Morgan fingerprint density at radius 3 is 2.67 bits per heavy atom. The van der Waals surface area contributed by atoms with Gasteiger partial charge >= 0.3 is 0 Å². The molecular weight excluding hydrogens is 172 g/mol. The molecule has 0 fully saturated rings. The zero-order valence-electron chi connectivity index (χ0n) is 7.47. The predicted octanol–water partition coefficient (Wildman–Crippen LogP) is 2.64. The van der Waals surface area contributed by atoms with Crippen LogP contribution >= 0.6 is 11.6 Å². The lowest BCUT2D eigenvalue weighted by Gasteiger charge is -2.03. The number of aryl methyl sites for hydroxylation is 2. The minimum Gasteiger partial charge on any atom is -0.154 e. The highest BCUT2D eigenvalue weighted by atomic mass is 35.5. The van der Waals surface area contributed by atoms with E-state index >= 15 is 0 Å².